The van der Waals surface area contributed by atoms with Crippen LogP contribution in [0.25, 0.3) is 22.3 Å². The molecule has 0 amide bonds. The van der Waals surface area contributed by atoms with Crippen molar-refractivity contribution >= 4 is 22.7 Å². The van der Waals surface area contributed by atoms with Crippen molar-refractivity contribution in [3.8, 4) is 11.4 Å². The van der Waals surface area contributed by atoms with Crippen molar-refractivity contribution in [2.45, 2.75) is 64.5 Å². The van der Waals surface area contributed by atoms with Gasteiger partial charge in [-0.1, -0.05) is 44.9 Å². The number of Topliss-reactive ketones (excluding diaryl/α,β-unsaturated/α-hetero) is 1. The number of esters is 1. The number of aromatic nitrogens is 2. The summed E-state index contributed by atoms with van der Waals surface area (Å²) in [6.07, 6.45) is 3.20. The van der Waals surface area contributed by atoms with Gasteiger partial charge in [0.05, 0.1) is 29.0 Å². The van der Waals surface area contributed by atoms with Crippen molar-refractivity contribution < 1.29 is 14.3 Å². The first-order valence-electron chi connectivity index (χ1n) is 11.4. The molecule has 0 radical (unpaired) electrons. The first-order valence-corrected chi connectivity index (χ1v) is 11.4. The van der Waals surface area contributed by atoms with Crippen molar-refractivity contribution in [3.63, 3.8) is 0 Å². The largest absolute Gasteiger partial charge is 0.460 e. The summed E-state index contributed by atoms with van der Waals surface area (Å²) >= 11 is 0. The number of para-hydroxylation sites is 1. The Morgan fingerprint density at radius 1 is 1.16 bits per heavy atom. The summed E-state index contributed by atoms with van der Waals surface area (Å²) in [5.74, 6) is -0.698. The van der Waals surface area contributed by atoms with Gasteiger partial charge in [0.1, 0.15) is 6.61 Å². The van der Waals surface area contributed by atoms with Crippen molar-refractivity contribution in [2.75, 3.05) is 0 Å². The van der Waals surface area contributed by atoms with Crippen molar-refractivity contribution in [1.29, 1.82) is 0 Å². The predicted molar refractivity (Wildman–Crippen MR) is 121 cm³/mol. The predicted octanol–water partition coefficient (Wildman–Crippen LogP) is 4.28. The van der Waals surface area contributed by atoms with Crippen LogP contribution in [0.1, 0.15) is 62.6 Å². The molecule has 0 aliphatic carbocycles. The number of carbonyl (C=O) groups excluding carboxylic acids is 2. The average molecular weight is 431 g/mol. The van der Waals surface area contributed by atoms with Gasteiger partial charge < -0.3 is 9.30 Å². The summed E-state index contributed by atoms with van der Waals surface area (Å²) in [4.78, 5) is 44.8. The molecule has 3 aromatic rings. The quantitative estimate of drug-likeness (QED) is 0.259. The number of hydrogen-bond donors (Lipinski definition) is 0. The monoisotopic (exact) mass is 430 g/mol. The maximum atomic E-state index is 13.5. The van der Waals surface area contributed by atoms with E-state index < -0.39 is 11.4 Å². The number of rotatable bonds is 6. The number of pyridine rings is 2. The number of ketones is 1. The van der Waals surface area contributed by atoms with Gasteiger partial charge in [0.25, 0.3) is 5.56 Å². The minimum atomic E-state index is -1.42. The molecule has 6 heteroatoms. The normalized spacial score (nSPS) is 18.8. The molecule has 4 heterocycles. The van der Waals surface area contributed by atoms with Gasteiger partial charge in [-0.05, 0) is 36.6 Å². The zero-order valence-corrected chi connectivity index (χ0v) is 18.4. The Hall–Kier alpha value is -3.28. The van der Waals surface area contributed by atoms with Gasteiger partial charge in [0.2, 0.25) is 0 Å². The van der Waals surface area contributed by atoms with Crippen LogP contribution in [0.15, 0.2) is 41.2 Å². The Balaban J connectivity index is 1.70. The second kappa shape index (κ2) is 7.69. The average Bonchev–Trinajstić information content (AvgIpc) is 3.16. The lowest BCUT2D eigenvalue weighted by Crippen LogP contribution is -2.49. The van der Waals surface area contributed by atoms with E-state index in [1.54, 1.807) is 4.57 Å². The number of unbranched alkanes of at least 4 members (excludes halogenated alkanes) is 2. The summed E-state index contributed by atoms with van der Waals surface area (Å²) < 4.78 is 7.12. The zero-order chi connectivity index (χ0) is 22.5. The van der Waals surface area contributed by atoms with Gasteiger partial charge >= 0.3 is 5.97 Å². The molecule has 164 valence electrons. The van der Waals surface area contributed by atoms with E-state index in [4.69, 9.17) is 9.72 Å². The number of carbonyl (C=O) groups is 2. The lowest BCUT2D eigenvalue weighted by molar-refractivity contribution is -0.158. The molecule has 5 rings (SSSR count). The molecule has 6 nitrogen and oxygen atoms in total. The van der Waals surface area contributed by atoms with Crippen LogP contribution < -0.4 is 5.56 Å². The Bertz CT molecular complexity index is 1320. The van der Waals surface area contributed by atoms with Crippen LogP contribution in [-0.2, 0) is 32.9 Å². The molecular weight excluding hydrogens is 404 g/mol. The summed E-state index contributed by atoms with van der Waals surface area (Å²) in [6.45, 7) is 4.22. The van der Waals surface area contributed by atoms with E-state index >= 15 is 0 Å². The minimum absolute atomic E-state index is 0.0942. The molecule has 0 fully saturated rings. The fourth-order valence-corrected chi connectivity index (χ4v) is 5.15. The molecule has 0 saturated heterocycles. The van der Waals surface area contributed by atoms with E-state index in [0.29, 0.717) is 29.8 Å². The second-order valence-corrected chi connectivity index (χ2v) is 8.72. The van der Waals surface area contributed by atoms with E-state index in [-0.39, 0.29) is 24.4 Å². The van der Waals surface area contributed by atoms with Gasteiger partial charge in [-0.2, -0.15) is 0 Å². The first kappa shape index (κ1) is 20.6. The van der Waals surface area contributed by atoms with E-state index in [1.807, 2.05) is 37.3 Å². The van der Waals surface area contributed by atoms with E-state index in [2.05, 4.69) is 13.0 Å². The number of ether oxygens (including phenoxy) is 1. The minimum Gasteiger partial charge on any atom is -0.460 e. The molecule has 0 bridgehead atoms. The molecule has 2 aliphatic heterocycles. The van der Waals surface area contributed by atoms with Crippen LogP contribution in [0.5, 0.6) is 0 Å². The van der Waals surface area contributed by atoms with Crippen LogP contribution >= 0.6 is 0 Å². The SMILES string of the molecule is CCCCCC(=O)[C@@]1(CC)C(=O)OCc2c1cc1n(c2=O)Cc2cc3ccccc3nc2-1. The zero-order valence-electron chi connectivity index (χ0n) is 18.4. The summed E-state index contributed by atoms with van der Waals surface area (Å²) in [7, 11) is 0. The summed E-state index contributed by atoms with van der Waals surface area (Å²) in [5, 5.41) is 1.02. The Kier molecular flexibility index (Phi) is 4.96. The van der Waals surface area contributed by atoms with Crippen molar-refractivity contribution in [2.24, 2.45) is 0 Å². The molecule has 2 aromatic heterocycles. The van der Waals surface area contributed by atoms with Gasteiger partial charge in [-0.25, -0.2) is 4.98 Å². The van der Waals surface area contributed by atoms with Gasteiger partial charge in [0.15, 0.2) is 11.2 Å². The number of nitrogens with zero attached hydrogens (tertiary/aromatic N) is 2. The fourth-order valence-electron chi connectivity index (χ4n) is 5.15. The highest BCUT2D eigenvalue weighted by atomic mass is 16.5. The number of hydrogen-bond acceptors (Lipinski definition) is 5. The van der Waals surface area contributed by atoms with Crippen LogP contribution in [0.2, 0.25) is 0 Å². The smallest absolute Gasteiger partial charge is 0.324 e. The number of cyclic esters (lactones) is 1. The van der Waals surface area contributed by atoms with Crippen LogP contribution in [0.3, 0.4) is 0 Å². The topological polar surface area (TPSA) is 78.3 Å². The molecule has 1 aromatic carbocycles. The second-order valence-electron chi connectivity index (χ2n) is 8.72. The summed E-state index contributed by atoms with van der Waals surface area (Å²) in [6, 6.07) is 11.8. The van der Waals surface area contributed by atoms with Crippen molar-refractivity contribution in [1.82, 2.24) is 9.55 Å². The maximum absolute atomic E-state index is 13.5. The third-order valence-corrected chi connectivity index (χ3v) is 6.94. The molecular formula is C26H26N2O4. The van der Waals surface area contributed by atoms with Gasteiger partial charge in [0, 0.05) is 17.4 Å². The highest BCUT2D eigenvalue weighted by Gasteiger charge is 2.51. The third kappa shape index (κ3) is 2.85. The van der Waals surface area contributed by atoms with Crippen LogP contribution in [0, 0.1) is 0 Å². The molecule has 0 spiro atoms. The number of benzene rings is 1. The number of fused-ring (bicyclic) bond motifs is 5. The highest BCUT2D eigenvalue weighted by molar-refractivity contribution is 6.10. The van der Waals surface area contributed by atoms with Crippen molar-refractivity contribution in [3.05, 3.63) is 63.4 Å². The first-order chi connectivity index (χ1) is 15.5. The maximum Gasteiger partial charge on any atom is 0.324 e. The summed E-state index contributed by atoms with van der Waals surface area (Å²) in [5.41, 5.74) is 2.53. The Morgan fingerprint density at radius 2 is 1.97 bits per heavy atom. The molecule has 2 aliphatic rings. The highest BCUT2D eigenvalue weighted by Crippen LogP contribution is 2.41. The molecule has 32 heavy (non-hydrogen) atoms. The molecule has 0 unspecified atom stereocenters. The van der Waals surface area contributed by atoms with Gasteiger partial charge in [-0.15, -0.1) is 0 Å². The lowest BCUT2D eigenvalue weighted by Gasteiger charge is -2.35. The molecule has 0 N–H and O–H groups in total. The van der Waals surface area contributed by atoms with Crippen LogP contribution in [-0.4, -0.2) is 21.3 Å². The Morgan fingerprint density at radius 3 is 2.75 bits per heavy atom. The van der Waals surface area contributed by atoms with Gasteiger partial charge in [-0.3, -0.25) is 14.4 Å². The van der Waals surface area contributed by atoms with E-state index in [9.17, 15) is 14.4 Å². The van der Waals surface area contributed by atoms with Crippen LogP contribution in [0.4, 0.5) is 0 Å². The fraction of sp³-hybridized carbons (Fsp3) is 0.385. The standard InChI is InChI=1S/C26H26N2O4/c1-3-5-6-11-22(29)26(4-2)19-13-21-23-17(12-16-9-7-8-10-20(16)27-23)14-28(21)24(30)18(19)15-32-25(26)31/h7-10,12-13H,3-6,11,14-15H2,1-2H3/t26-/m0/s1. The molecule has 0 saturated carbocycles. The Labute approximate surface area is 186 Å². The van der Waals surface area contributed by atoms with E-state index in [1.165, 1.54) is 0 Å². The lowest BCUT2D eigenvalue weighted by atomic mass is 9.70. The van der Waals surface area contributed by atoms with E-state index in [0.717, 1.165) is 41.4 Å². The molecule has 1 atom stereocenters. The third-order valence-electron chi connectivity index (χ3n) is 6.94.